The van der Waals surface area contributed by atoms with Crippen LogP contribution in [0.2, 0.25) is 0 Å². The lowest BCUT2D eigenvalue weighted by molar-refractivity contribution is -0.917. The molecule has 0 fully saturated rings. The third-order valence-corrected chi connectivity index (χ3v) is 4.51. The Kier molecular flexibility index (Phi) is 13.8. The molecule has 0 aromatic heterocycles. The molecule has 0 aromatic carbocycles. The first kappa shape index (κ1) is 24.4. The van der Waals surface area contributed by atoms with Crippen LogP contribution in [0.4, 0.5) is 0 Å². The number of unbranched alkanes of at least 4 members (excludes halogenated alkanes) is 1. The van der Waals surface area contributed by atoms with E-state index in [1.807, 2.05) is 0 Å². The predicted octanol–water partition coefficient (Wildman–Crippen LogP) is -3.26. The van der Waals surface area contributed by atoms with Crippen LogP contribution in [-0.4, -0.2) is 62.3 Å². The lowest BCUT2D eigenvalue weighted by Gasteiger charge is -2.36. The van der Waals surface area contributed by atoms with Crippen LogP contribution in [0, 0.1) is 0 Å². The van der Waals surface area contributed by atoms with Crippen LogP contribution in [0.15, 0.2) is 0 Å². The average molecular weight is 484 g/mol. The minimum absolute atomic E-state index is 0. The molecule has 0 aromatic rings. The van der Waals surface area contributed by atoms with Gasteiger partial charge in [0.1, 0.15) is 0 Å². The summed E-state index contributed by atoms with van der Waals surface area (Å²) in [7, 11) is 9.36. The van der Waals surface area contributed by atoms with Crippen molar-refractivity contribution in [2.24, 2.45) is 0 Å². The van der Waals surface area contributed by atoms with Gasteiger partial charge in [0.05, 0.1) is 53.4 Å². The molecule has 4 heteroatoms. The first-order valence-corrected chi connectivity index (χ1v) is 6.75. The summed E-state index contributed by atoms with van der Waals surface area (Å²) in [5.41, 5.74) is 0. The topological polar surface area (TPSA) is 0 Å². The van der Waals surface area contributed by atoms with Crippen LogP contribution in [0.1, 0.15) is 40.5 Å². The van der Waals surface area contributed by atoms with Gasteiger partial charge in [0, 0.05) is 12.8 Å². The summed E-state index contributed by atoms with van der Waals surface area (Å²) < 4.78 is 2.30. The monoisotopic (exact) mass is 484 g/mol. The molecule has 0 N–H and O–H groups in total. The molecule has 0 amide bonds. The zero-order valence-electron chi connectivity index (χ0n) is 13.6. The average Bonchev–Trinajstić information content (AvgIpc) is 2.12. The number of quaternary nitrogens is 2. The Labute approximate surface area is 150 Å². The SMILES string of the molecule is CC(C)[N+](C)(C)CCCC[N+](C)(C)C(C)C.[I-].[I-]. The zero-order valence-corrected chi connectivity index (χ0v) is 17.9. The van der Waals surface area contributed by atoms with E-state index in [2.05, 4.69) is 55.9 Å². The van der Waals surface area contributed by atoms with Gasteiger partial charge in [0.25, 0.3) is 0 Å². The largest absolute Gasteiger partial charge is 1.00 e. The van der Waals surface area contributed by atoms with Crippen molar-refractivity contribution in [1.82, 2.24) is 0 Å². The highest BCUT2D eigenvalue weighted by atomic mass is 127. The van der Waals surface area contributed by atoms with Crippen LogP contribution in [0.25, 0.3) is 0 Å². The van der Waals surface area contributed by atoms with Crippen molar-refractivity contribution >= 4 is 0 Å². The van der Waals surface area contributed by atoms with E-state index in [0.717, 1.165) is 21.0 Å². The summed E-state index contributed by atoms with van der Waals surface area (Å²) in [6.07, 6.45) is 2.69. The number of rotatable bonds is 7. The molecule has 0 aliphatic rings. The Morgan fingerprint density at radius 1 is 0.611 bits per heavy atom. The molecular formula is C14H34I2N2. The van der Waals surface area contributed by atoms with Crippen molar-refractivity contribution < 1.29 is 56.9 Å². The van der Waals surface area contributed by atoms with E-state index in [4.69, 9.17) is 0 Å². The van der Waals surface area contributed by atoms with Gasteiger partial charge in [-0.1, -0.05) is 0 Å². The van der Waals surface area contributed by atoms with E-state index in [0.29, 0.717) is 0 Å². The van der Waals surface area contributed by atoms with Gasteiger partial charge in [0.15, 0.2) is 0 Å². The maximum atomic E-state index is 2.34. The Bertz CT molecular complexity index is 180. The van der Waals surface area contributed by atoms with Gasteiger partial charge in [-0.05, 0) is 27.7 Å². The molecule has 0 atom stereocenters. The first-order valence-electron chi connectivity index (χ1n) is 6.75. The van der Waals surface area contributed by atoms with Gasteiger partial charge < -0.3 is 56.9 Å². The highest BCUT2D eigenvalue weighted by Crippen LogP contribution is 2.11. The highest BCUT2D eigenvalue weighted by molar-refractivity contribution is 4.46. The lowest BCUT2D eigenvalue weighted by Crippen LogP contribution is -3.00. The van der Waals surface area contributed by atoms with E-state index >= 15 is 0 Å². The molecule has 2 nitrogen and oxygen atoms in total. The molecule has 0 saturated heterocycles. The first-order chi connectivity index (χ1) is 7.09. The van der Waals surface area contributed by atoms with Gasteiger partial charge in [-0.15, -0.1) is 0 Å². The summed E-state index contributed by atoms with van der Waals surface area (Å²) in [5, 5.41) is 0. The molecule has 0 heterocycles. The third kappa shape index (κ3) is 9.31. The fraction of sp³-hybridized carbons (Fsp3) is 1.00. The number of hydrogen-bond acceptors (Lipinski definition) is 0. The van der Waals surface area contributed by atoms with Gasteiger partial charge in [-0.25, -0.2) is 0 Å². The van der Waals surface area contributed by atoms with Gasteiger partial charge >= 0.3 is 0 Å². The molecule has 0 rings (SSSR count). The fourth-order valence-corrected chi connectivity index (χ4v) is 1.56. The Morgan fingerprint density at radius 3 is 1.00 bits per heavy atom. The lowest BCUT2D eigenvalue weighted by atomic mass is 10.2. The molecule has 114 valence electrons. The quantitative estimate of drug-likeness (QED) is 0.203. The van der Waals surface area contributed by atoms with Crippen molar-refractivity contribution in [3.63, 3.8) is 0 Å². The van der Waals surface area contributed by atoms with Crippen LogP contribution < -0.4 is 48.0 Å². The number of halogens is 2. The van der Waals surface area contributed by atoms with Crippen LogP contribution in [-0.2, 0) is 0 Å². The van der Waals surface area contributed by atoms with Crippen molar-refractivity contribution in [3.05, 3.63) is 0 Å². The number of hydrogen-bond donors (Lipinski definition) is 0. The smallest absolute Gasteiger partial charge is 0.0829 e. The third-order valence-electron chi connectivity index (χ3n) is 4.51. The maximum Gasteiger partial charge on any atom is 0.0829 e. The Morgan fingerprint density at radius 2 is 0.833 bits per heavy atom. The van der Waals surface area contributed by atoms with Crippen LogP contribution in [0.3, 0.4) is 0 Å². The van der Waals surface area contributed by atoms with Gasteiger partial charge in [-0.3, -0.25) is 0 Å². The summed E-state index contributed by atoms with van der Waals surface area (Å²) in [4.78, 5) is 0. The zero-order chi connectivity index (χ0) is 13.0. The summed E-state index contributed by atoms with van der Waals surface area (Å²) in [6.45, 7) is 11.9. The fourth-order valence-electron chi connectivity index (χ4n) is 1.56. The van der Waals surface area contributed by atoms with E-state index < -0.39 is 0 Å². The van der Waals surface area contributed by atoms with Crippen molar-refractivity contribution in [2.75, 3.05) is 41.3 Å². The van der Waals surface area contributed by atoms with Crippen molar-refractivity contribution in [1.29, 1.82) is 0 Å². The minimum atomic E-state index is 0. The Hall–Kier alpha value is 1.38. The second kappa shape index (κ2) is 10.2. The van der Waals surface area contributed by atoms with E-state index in [1.54, 1.807) is 0 Å². The number of nitrogens with zero attached hydrogens (tertiary/aromatic N) is 2. The van der Waals surface area contributed by atoms with Gasteiger partial charge in [0.2, 0.25) is 0 Å². The second-order valence-electron chi connectivity index (χ2n) is 6.90. The highest BCUT2D eigenvalue weighted by Gasteiger charge is 2.21. The van der Waals surface area contributed by atoms with Crippen molar-refractivity contribution in [3.8, 4) is 0 Å². The van der Waals surface area contributed by atoms with Crippen LogP contribution >= 0.6 is 0 Å². The minimum Gasteiger partial charge on any atom is -1.00 e. The normalized spacial score (nSPS) is 12.3. The summed E-state index contributed by atoms with van der Waals surface area (Å²) in [5.74, 6) is 0. The molecule has 18 heavy (non-hydrogen) atoms. The Balaban J connectivity index is -0.00000112. The molecule has 0 spiro atoms. The molecule has 0 bridgehead atoms. The predicted molar refractivity (Wildman–Crippen MR) is 73.5 cm³/mol. The molecule has 0 saturated carbocycles. The molecule has 0 aliphatic carbocycles. The molecule has 0 unspecified atom stereocenters. The van der Waals surface area contributed by atoms with E-state index in [1.165, 1.54) is 25.9 Å². The second-order valence-corrected chi connectivity index (χ2v) is 6.90. The van der Waals surface area contributed by atoms with E-state index in [9.17, 15) is 0 Å². The molecule has 0 aliphatic heterocycles. The van der Waals surface area contributed by atoms with Crippen molar-refractivity contribution in [2.45, 2.75) is 52.6 Å². The van der Waals surface area contributed by atoms with Gasteiger partial charge in [-0.2, -0.15) is 0 Å². The maximum absolute atomic E-state index is 2.34. The summed E-state index contributed by atoms with van der Waals surface area (Å²) in [6, 6.07) is 1.46. The molecular weight excluding hydrogens is 450 g/mol. The van der Waals surface area contributed by atoms with Crippen LogP contribution in [0.5, 0.6) is 0 Å². The van der Waals surface area contributed by atoms with E-state index in [-0.39, 0.29) is 48.0 Å². The standard InChI is InChI=1S/C14H34N2.2HI/c1-13(2)15(5,6)11-9-10-12-16(7,8)14(3)4;;/h13-14H,9-12H2,1-8H3;2*1H/q+2;;/p-2. The summed E-state index contributed by atoms with van der Waals surface area (Å²) >= 11 is 0. The molecule has 0 radical (unpaired) electrons.